The summed E-state index contributed by atoms with van der Waals surface area (Å²) < 4.78 is 0. The number of rotatable bonds is 2. The summed E-state index contributed by atoms with van der Waals surface area (Å²) in [5, 5.41) is 13.3. The standard InChI is InChI=1S/C14H18N2O2/c17-13-12-6-7-16(10-14(12,18)9-15-13)8-11-4-2-1-3-5-11/h1-5,12,18H,6-10H2,(H,15,17)/t12-,14+/m1/s1. The van der Waals surface area contributed by atoms with Crippen molar-refractivity contribution in [3.8, 4) is 0 Å². The van der Waals surface area contributed by atoms with E-state index in [9.17, 15) is 9.90 Å². The van der Waals surface area contributed by atoms with Gasteiger partial charge in [-0.05, 0) is 18.5 Å². The lowest BCUT2D eigenvalue weighted by Gasteiger charge is -2.39. The normalized spacial score (nSPS) is 32.1. The molecule has 2 aliphatic rings. The second kappa shape index (κ2) is 4.37. The summed E-state index contributed by atoms with van der Waals surface area (Å²) >= 11 is 0. The van der Waals surface area contributed by atoms with E-state index in [0.29, 0.717) is 13.1 Å². The topological polar surface area (TPSA) is 52.6 Å². The van der Waals surface area contributed by atoms with Crippen LogP contribution in [0.3, 0.4) is 0 Å². The Labute approximate surface area is 107 Å². The van der Waals surface area contributed by atoms with Crippen LogP contribution in [0.25, 0.3) is 0 Å². The monoisotopic (exact) mass is 246 g/mol. The molecule has 2 saturated heterocycles. The molecule has 2 heterocycles. The van der Waals surface area contributed by atoms with Crippen LogP contribution in [0.5, 0.6) is 0 Å². The molecule has 4 nitrogen and oxygen atoms in total. The first-order chi connectivity index (χ1) is 8.67. The van der Waals surface area contributed by atoms with Gasteiger partial charge < -0.3 is 10.4 Å². The van der Waals surface area contributed by atoms with Crippen LogP contribution in [-0.4, -0.2) is 41.1 Å². The fourth-order valence-corrected chi connectivity index (χ4v) is 3.05. The highest BCUT2D eigenvalue weighted by molar-refractivity contribution is 5.82. The van der Waals surface area contributed by atoms with Crippen LogP contribution >= 0.6 is 0 Å². The van der Waals surface area contributed by atoms with E-state index >= 15 is 0 Å². The minimum atomic E-state index is -0.871. The number of β-amino-alcohol motifs (C(OH)–C–C–N with tert-alkyl or cyclic N) is 1. The highest BCUT2D eigenvalue weighted by Gasteiger charge is 2.50. The zero-order valence-corrected chi connectivity index (χ0v) is 10.3. The number of hydrogen-bond acceptors (Lipinski definition) is 3. The van der Waals surface area contributed by atoms with Crippen LogP contribution in [0.4, 0.5) is 0 Å². The van der Waals surface area contributed by atoms with Crippen molar-refractivity contribution in [3.63, 3.8) is 0 Å². The Morgan fingerprint density at radius 1 is 1.39 bits per heavy atom. The first-order valence-electron chi connectivity index (χ1n) is 6.44. The van der Waals surface area contributed by atoms with Crippen molar-refractivity contribution in [3.05, 3.63) is 35.9 Å². The average Bonchev–Trinajstić information content (AvgIpc) is 2.66. The largest absolute Gasteiger partial charge is 0.386 e. The van der Waals surface area contributed by atoms with Crippen molar-refractivity contribution in [1.82, 2.24) is 10.2 Å². The van der Waals surface area contributed by atoms with Gasteiger partial charge in [0.05, 0.1) is 5.92 Å². The molecule has 2 N–H and O–H groups in total. The maximum atomic E-state index is 11.6. The number of benzene rings is 1. The van der Waals surface area contributed by atoms with Crippen molar-refractivity contribution in [1.29, 1.82) is 0 Å². The molecule has 2 atom stereocenters. The van der Waals surface area contributed by atoms with E-state index in [2.05, 4.69) is 22.3 Å². The number of amides is 1. The summed E-state index contributed by atoms with van der Waals surface area (Å²) in [4.78, 5) is 13.8. The van der Waals surface area contributed by atoms with Crippen LogP contribution < -0.4 is 5.32 Å². The van der Waals surface area contributed by atoms with E-state index < -0.39 is 5.60 Å². The molecule has 0 saturated carbocycles. The first-order valence-corrected chi connectivity index (χ1v) is 6.44. The third kappa shape index (κ3) is 2.02. The van der Waals surface area contributed by atoms with Crippen molar-refractivity contribution >= 4 is 5.91 Å². The summed E-state index contributed by atoms with van der Waals surface area (Å²) in [7, 11) is 0. The van der Waals surface area contributed by atoms with Crippen molar-refractivity contribution in [2.75, 3.05) is 19.6 Å². The molecule has 3 rings (SSSR count). The van der Waals surface area contributed by atoms with Crippen molar-refractivity contribution < 1.29 is 9.90 Å². The predicted molar refractivity (Wildman–Crippen MR) is 67.8 cm³/mol. The Bertz CT molecular complexity index is 448. The van der Waals surface area contributed by atoms with Crippen LogP contribution in [0.15, 0.2) is 30.3 Å². The molecule has 1 aromatic rings. The average molecular weight is 246 g/mol. The fraction of sp³-hybridized carbons (Fsp3) is 0.500. The summed E-state index contributed by atoms with van der Waals surface area (Å²) in [6.07, 6.45) is 0.745. The van der Waals surface area contributed by atoms with Crippen LogP contribution in [0, 0.1) is 5.92 Å². The predicted octanol–water partition coefficient (Wildman–Crippen LogP) is 0.369. The highest BCUT2D eigenvalue weighted by atomic mass is 16.3. The molecular formula is C14H18N2O2. The molecule has 1 amide bonds. The van der Waals surface area contributed by atoms with Gasteiger partial charge in [0, 0.05) is 19.6 Å². The van der Waals surface area contributed by atoms with Gasteiger partial charge in [-0.3, -0.25) is 9.69 Å². The third-order valence-electron chi connectivity index (χ3n) is 4.01. The van der Waals surface area contributed by atoms with Gasteiger partial charge >= 0.3 is 0 Å². The van der Waals surface area contributed by atoms with Crippen molar-refractivity contribution in [2.45, 2.75) is 18.6 Å². The zero-order chi connectivity index (χ0) is 12.6. The fourth-order valence-electron chi connectivity index (χ4n) is 3.05. The lowest BCUT2D eigenvalue weighted by Crippen LogP contribution is -2.53. The number of aliphatic hydroxyl groups is 1. The zero-order valence-electron chi connectivity index (χ0n) is 10.3. The molecule has 0 spiro atoms. The Hall–Kier alpha value is -1.39. The molecule has 96 valence electrons. The second-order valence-electron chi connectivity index (χ2n) is 5.36. The van der Waals surface area contributed by atoms with Crippen LogP contribution in [0.1, 0.15) is 12.0 Å². The van der Waals surface area contributed by atoms with Crippen LogP contribution in [-0.2, 0) is 11.3 Å². The van der Waals surface area contributed by atoms with Gasteiger partial charge in [0.15, 0.2) is 0 Å². The van der Waals surface area contributed by atoms with E-state index in [4.69, 9.17) is 0 Å². The lowest BCUT2D eigenvalue weighted by molar-refractivity contribution is -0.129. The number of hydrogen-bond donors (Lipinski definition) is 2. The van der Waals surface area contributed by atoms with E-state index in [1.807, 2.05) is 18.2 Å². The lowest BCUT2D eigenvalue weighted by atomic mass is 9.83. The molecule has 4 heteroatoms. The summed E-state index contributed by atoms with van der Waals surface area (Å²) in [5.74, 6) is -0.207. The number of nitrogens with zero attached hydrogens (tertiary/aromatic N) is 1. The molecule has 0 bridgehead atoms. The van der Waals surface area contributed by atoms with Gasteiger partial charge in [0.2, 0.25) is 5.91 Å². The van der Waals surface area contributed by atoms with E-state index in [1.165, 1.54) is 5.56 Å². The maximum Gasteiger partial charge on any atom is 0.226 e. The molecule has 0 aromatic heterocycles. The van der Waals surface area contributed by atoms with Crippen LogP contribution in [0.2, 0.25) is 0 Å². The van der Waals surface area contributed by atoms with E-state index in [0.717, 1.165) is 19.5 Å². The molecule has 0 unspecified atom stereocenters. The molecule has 0 radical (unpaired) electrons. The summed E-state index contributed by atoms with van der Waals surface area (Å²) in [6.45, 7) is 2.67. The van der Waals surface area contributed by atoms with Gasteiger partial charge in [0.25, 0.3) is 0 Å². The Kier molecular flexibility index (Phi) is 2.84. The minimum absolute atomic E-state index is 0.0110. The van der Waals surface area contributed by atoms with Crippen molar-refractivity contribution in [2.24, 2.45) is 5.92 Å². The van der Waals surface area contributed by atoms with Gasteiger partial charge in [-0.25, -0.2) is 0 Å². The molecule has 1 aromatic carbocycles. The Balaban J connectivity index is 1.69. The number of piperidine rings is 1. The number of nitrogens with one attached hydrogen (secondary N) is 1. The Morgan fingerprint density at radius 3 is 2.94 bits per heavy atom. The van der Waals surface area contributed by atoms with E-state index in [-0.39, 0.29) is 11.8 Å². The number of carbonyl (C=O) groups excluding carboxylic acids is 1. The molecule has 0 aliphatic carbocycles. The Morgan fingerprint density at radius 2 is 2.17 bits per heavy atom. The molecular weight excluding hydrogens is 228 g/mol. The van der Waals surface area contributed by atoms with Gasteiger partial charge in [-0.2, -0.15) is 0 Å². The smallest absolute Gasteiger partial charge is 0.226 e. The van der Waals surface area contributed by atoms with Gasteiger partial charge in [-0.15, -0.1) is 0 Å². The summed E-state index contributed by atoms with van der Waals surface area (Å²) in [6, 6.07) is 10.2. The highest BCUT2D eigenvalue weighted by Crippen LogP contribution is 2.32. The molecule has 18 heavy (non-hydrogen) atoms. The maximum absolute atomic E-state index is 11.6. The van der Waals surface area contributed by atoms with E-state index in [1.54, 1.807) is 0 Å². The second-order valence-corrected chi connectivity index (χ2v) is 5.36. The molecule has 2 fully saturated rings. The first kappa shape index (κ1) is 11.7. The number of carbonyl (C=O) groups is 1. The van der Waals surface area contributed by atoms with Gasteiger partial charge in [0.1, 0.15) is 5.60 Å². The number of fused-ring (bicyclic) bond motifs is 1. The quantitative estimate of drug-likeness (QED) is 0.792. The third-order valence-corrected chi connectivity index (χ3v) is 4.01. The minimum Gasteiger partial charge on any atom is -0.386 e. The molecule has 2 aliphatic heterocycles. The summed E-state index contributed by atoms with van der Waals surface area (Å²) in [5.41, 5.74) is 0.376. The van der Waals surface area contributed by atoms with Gasteiger partial charge in [-0.1, -0.05) is 30.3 Å². The SMILES string of the molecule is O=C1NC[C@]2(O)CN(Cc3ccccc3)CC[C@H]12. The number of likely N-dealkylation sites (tertiary alicyclic amines) is 1.